The predicted molar refractivity (Wildman–Crippen MR) is 123 cm³/mol. The number of hydrogen-bond donors (Lipinski definition) is 2. The zero-order valence-electron chi connectivity index (χ0n) is 16.0. The van der Waals surface area contributed by atoms with Crippen LogP contribution in [-0.2, 0) is 6.54 Å². The molecule has 0 saturated heterocycles. The summed E-state index contributed by atoms with van der Waals surface area (Å²) in [5.41, 5.74) is 1.87. The van der Waals surface area contributed by atoms with Crippen molar-refractivity contribution < 1.29 is 9.47 Å². The standard InChI is InChI=1S/C20H22N6O2.HI/c1-21-20(24-15-8-9-17-18(12-15)28-11-5-10-27-17)22-13-19-25-23-14-26(19)16-6-3-2-4-7-16;/h2-4,6-9,12,14H,5,10-11,13H2,1H3,(H2,21,22,24);1H. The highest BCUT2D eigenvalue weighted by atomic mass is 127. The number of aromatic nitrogens is 3. The van der Waals surface area contributed by atoms with Crippen molar-refractivity contribution in [3.05, 3.63) is 60.7 Å². The van der Waals surface area contributed by atoms with Gasteiger partial charge in [-0.25, -0.2) is 0 Å². The molecule has 0 amide bonds. The van der Waals surface area contributed by atoms with E-state index in [9.17, 15) is 0 Å². The number of ether oxygens (including phenoxy) is 2. The number of fused-ring (bicyclic) bond motifs is 1. The third-order valence-electron chi connectivity index (χ3n) is 4.30. The van der Waals surface area contributed by atoms with Gasteiger partial charge in [0.25, 0.3) is 0 Å². The Morgan fingerprint density at radius 3 is 2.69 bits per heavy atom. The summed E-state index contributed by atoms with van der Waals surface area (Å²) in [6.07, 6.45) is 2.58. The molecular weight excluding hydrogens is 483 g/mol. The van der Waals surface area contributed by atoms with E-state index in [-0.39, 0.29) is 24.0 Å². The van der Waals surface area contributed by atoms with Gasteiger partial charge in [0.05, 0.1) is 19.8 Å². The Morgan fingerprint density at radius 2 is 1.90 bits per heavy atom. The van der Waals surface area contributed by atoms with Crippen molar-refractivity contribution in [2.24, 2.45) is 4.99 Å². The molecule has 2 aromatic carbocycles. The molecule has 0 saturated carbocycles. The molecule has 29 heavy (non-hydrogen) atoms. The lowest BCUT2D eigenvalue weighted by Gasteiger charge is -2.14. The van der Waals surface area contributed by atoms with Gasteiger partial charge in [0.1, 0.15) is 6.33 Å². The molecular formula is C20H23IN6O2. The van der Waals surface area contributed by atoms with Crippen LogP contribution in [0, 0.1) is 0 Å². The summed E-state index contributed by atoms with van der Waals surface area (Å²) in [7, 11) is 1.72. The third-order valence-corrected chi connectivity index (χ3v) is 4.30. The van der Waals surface area contributed by atoms with E-state index in [1.54, 1.807) is 13.4 Å². The molecule has 0 bridgehead atoms. The molecule has 2 N–H and O–H groups in total. The SMILES string of the molecule is CN=C(NCc1nncn1-c1ccccc1)Nc1ccc2c(c1)OCCCO2.I. The minimum Gasteiger partial charge on any atom is -0.490 e. The van der Waals surface area contributed by atoms with E-state index in [1.165, 1.54) is 0 Å². The lowest BCUT2D eigenvalue weighted by Crippen LogP contribution is -2.31. The number of rotatable bonds is 4. The summed E-state index contributed by atoms with van der Waals surface area (Å²) in [6.45, 7) is 1.79. The van der Waals surface area contributed by atoms with E-state index < -0.39 is 0 Å². The van der Waals surface area contributed by atoms with Crippen molar-refractivity contribution >= 4 is 35.6 Å². The molecule has 0 fully saturated rings. The number of halogens is 1. The summed E-state index contributed by atoms with van der Waals surface area (Å²) < 4.78 is 13.3. The average molecular weight is 506 g/mol. The Balaban J connectivity index is 0.00000240. The average Bonchev–Trinajstić information content (AvgIpc) is 3.09. The normalized spacial score (nSPS) is 13.2. The van der Waals surface area contributed by atoms with Gasteiger partial charge in [-0.15, -0.1) is 34.2 Å². The summed E-state index contributed by atoms with van der Waals surface area (Å²) >= 11 is 0. The largest absolute Gasteiger partial charge is 0.490 e. The molecule has 0 aliphatic carbocycles. The number of guanidine groups is 1. The predicted octanol–water partition coefficient (Wildman–Crippen LogP) is 3.23. The molecule has 3 aromatic rings. The molecule has 4 rings (SSSR count). The quantitative estimate of drug-likeness (QED) is 0.321. The van der Waals surface area contributed by atoms with E-state index >= 15 is 0 Å². The first kappa shape index (κ1) is 20.9. The zero-order valence-corrected chi connectivity index (χ0v) is 18.4. The second-order valence-electron chi connectivity index (χ2n) is 6.22. The van der Waals surface area contributed by atoms with Crippen LogP contribution < -0.4 is 20.1 Å². The van der Waals surface area contributed by atoms with Crippen LogP contribution in [0.3, 0.4) is 0 Å². The first-order valence-corrected chi connectivity index (χ1v) is 9.15. The molecule has 1 aliphatic heterocycles. The first-order valence-electron chi connectivity index (χ1n) is 9.15. The van der Waals surface area contributed by atoms with Crippen molar-refractivity contribution in [1.82, 2.24) is 20.1 Å². The molecule has 152 valence electrons. The third kappa shape index (κ3) is 5.17. The molecule has 1 aromatic heterocycles. The van der Waals surface area contributed by atoms with Crippen molar-refractivity contribution in [3.8, 4) is 17.2 Å². The fraction of sp³-hybridized carbons (Fsp3) is 0.250. The van der Waals surface area contributed by atoms with E-state index in [4.69, 9.17) is 9.47 Å². The number of anilines is 1. The van der Waals surface area contributed by atoms with Crippen LogP contribution in [0.2, 0.25) is 0 Å². The van der Waals surface area contributed by atoms with Crippen molar-refractivity contribution in [1.29, 1.82) is 0 Å². The molecule has 0 unspecified atom stereocenters. The highest BCUT2D eigenvalue weighted by Gasteiger charge is 2.12. The number of benzene rings is 2. The van der Waals surface area contributed by atoms with Crippen molar-refractivity contribution in [2.45, 2.75) is 13.0 Å². The Morgan fingerprint density at radius 1 is 1.10 bits per heavy atom. The smallest absolute Gasteiger partial charge is 0.195 e. The maximum atomic E-state index is 5.74. The van der Waals surface area contributed by atoms with Crippen LogP contribution in [0.5, 0.6) is 11.5 Å². The van der Waals surface area contributed by atoms with Gasteiger partial charge >= 0.3 is 0 Å². The molecule has 0 spiro atoms. The fourth-order valence-electron chi connectivity index (χ4n) is 2.90. The van der Waals surface area contributed by atoms with Crippen molar-refractivity contribution in [3.63, 3.8) is 0 Å². The lowest BCUT2D eigenvalue weighted by atomic mass is 10.3. The molecule has 0 atom stereocenters. The number of hydrogen-bond acceptors (Lipinski definition) is 5. The maximum absolute atomic E-state index is 5.74. The van der Waals surface area contributed by atoms with Crippen LogP contribution >= 0.6 is 24.0 Å². The molecule has 9 heteroatoms. The van der Waals surface area contributed by atoms with Crippen LogP contribution in [0.25, 0.3) is 5.69 Å². The highest BCUT2D eigenvalue weighted by Crippen LogP contribution is 2.32. The van der Waals surface area contributed by atoms with E-state index in [0.717, 1.165) is 35.1 Å². The Hall–Kier alpha value is -2.82. The van der Waals surface area contributed by atoms with E-state index in [2.05, 4.69) is 25.8 Å². The minimum atomic E-state index is 0. The van der Waals surface area contributed by atoms with Gasteiger partial charge in [-0.2, -0.15) is 0 Å². The van der Waals surface area contributed by atoms with Gasteiger partial charge in [-0.05, 0) is 24.3 Å². The van der Waals surface area contributed by atoms with Gasteiger partial charge in [-0.1, -0.05) is 18.2 Å². The van der Waals surface area contributed by atoms with Gasteiger partial charge in [0.2, 0.25) is 0 Å². The summed E-state index contributed by atoms with van der Waals surface area (Å²) in [5, 5.41) is 14.8. The minimum absolute atomic E-state index is 0. The van der Waals surface area contributed by atoms with Gasteiger partial charge in [-0.3, -0.25) is 9.56 Å². The monoisotopic (exact) mass is 506 g/mol. The summed E-state index contributed by atoms with van der Waals surface area (Å²) in [5.74, 6) is 2.91. The summed E-state index contributed by atoms with van der Waals surface area (Å²) in [6, 6.07) is 15.7. The zero-order chi connectivity index (χ0) is 19.2. The molecule has 8 nitrogen and oxygen atoms in total. The maximum Gasteiger partial charge on any atom is 0.195 e. The molecule has 0 radical (unpaired) electrons. The van der Waals surface area contributed by atoms with Crippen molar-refractivity contribution in [2.75, 3.05) is 25.6 Å². The van der Waals surface area contributed by atoms with Crippen LogP contribution in [0.4, 0.5) is 5.69 Å². The van der Waals surface area contributed by atoms with E-state index in [1.807, 2.05) is 53.1 Å². The van der Waals surface area contributed by atoms with Crippen LogP contribution in [0.1, 0.15) is 12.2 Å². The first-order chi connectivity index (χ1) is 13.8. The van der Waals surface area contributed by atoms with E-state index in [0.29, 0.717) is 25.7 Å². The number of nitrogens with zero attached hydrogens (tertiary/aromatic N) is 4. The number of aliphatic imine (C=N–C) groups is 1. The molecule has 1 aliphatic rings. The lowest BCUT2D eigenvalue weighted by molar-refractivity contribution is 0.297. The fourth-order valence-corrected chi connectivity index (χ4v) is 2.90. The number of nitrogens with one attached hydrogen (secondary N) is 2. The second kappa shape index (κ2) is 10.1. The second-order valence-corrected chi connectivity index (χ2v) is 6.22. The Labute approximate surface area is 186 Å². The molecule has 2 heterocycles. The van der Waals surface area contributed by atoms with Crippen LogP contribution in [0.15, 0.2) is 59.9 Å². The highest BCUT2D eigenvalue weighted by molar-refractivity contribution is 14.0. The summed E-state index contributed by atoms with van der Waals surface area (Å²) in [4.78, 5) is 4.28. The number of para-hydroxylation sites is 1. The Kier molecular flexibility index (Phi) is 7.28. The Bertz CT molecular complexity index is 961. The van der Waals surface area contributed by atoms with Crippen LogP contribution in [-0.4, -0.2) is 41.0 Å². The van der Waals surface area contributed by atoms with Gasteiger partial charge < -0.3 is 20.1 Å². The van der Waals surface area contributed by atoms with Gasteiger partial charge in [0, 0.05) is 30.9 Å². The topological polar surface area (TPSA) is 85.6 Å². The van der Waals surface area contributed by atoms with Gasteiger partial charge in [0.15, 0.2) is 23.3 Å².